The van der Waals surface area contributed by atoms with E-state index < -0.39 is 26.6 Å². The van der Waals surface area contributed by atoms with Crippen LogP contribution in [0.4, 0.5) is 0 Å². The Balaban J connectivity index is 4.83. The smallest absolute Gasteiger partial charge is 0.268 e. The number of phosphoric ester groups is 1. The van der Waals surface area contributed by atoms with Crippen molar-refractivity contribution in [2.45, 2.75) is 109 Å². The molecule has 0 aromatic carbocycles. The Morgan fingerprint density at radius 1 is 0.735 bits per heavy atom. The Morgan fingerprint density at radius 2 is 1.22 bits per heavy atom. The molecule has 0 aliphatic carbocycles. The summed E-state index contributed by atoms with van der Waals surface area (Å²) >= 11 is 0. The number of aliphatic hydroxyl groups excluding tert-OH is 1. The van der Waals surface area contributed by atoms with Gasteiger partial charge in [-0.15, -0.1) is 0 Å². The van der Waals surface area contributed by atoms with Gasteiger partial charge < -0.3 is 28.8 Å². The van der Waals surface area contributed by atoms with Gasteiger partial charge in [-0.05, 0) is 64.2 Å². The molecule has 0 saturated carbocycles. The normalized spacial score (nSPS) is 15.8. The van der Waals surface area contributed by atoms with Crippen molar-refractivity contribution in [1.82, 2.24) is 5.32 Å². The van der Waals surface area contributed by atoms with Crippen LogP contribution < -0.4 is 10.2 Å². The number of likely N-dealkylation sites (N-methyl/N-ethyl adjacent to an activating group) is 1. The van der Waals surface area contributed by atoms with E-state index in [1.165, 1.54) is 12.8 Å². The molecule has 49 heavy (non-hydrogen) atoms. The number of nitrogens with zero attached hydrogens (tertiary/aromatic N) is 1. The number of hydrogen-bond donors (Lipinski definition) is 2. The van der Waals surface area contributed by atoms with Crippen molar-refractivity contribution in [3.63, 3.8) is 0 Å². The molecule has 2 N–H and O–H groups in total. The summed E-state index contributed by atoms with van der Waals surface area (Å²) in [5, 5.41) is 13.5. The van der Waals surface area contributed by atoms with Crippen molar-refractivity contribution in [3.8, 4) is 0 Å². The van der Waals surface area contributed by atoms with Gasteiger partial charge in [-0.3, -0.25) is 9.36 Å². The zero-order chi connectivity index (χ0) is 36.5. The number of unbranched alkanes of at least 4 members (excludes halogenated alkanes) is 4. The predicted molar refractivity (Wildman–Crippen MR) is 205 cm³/mol. The second-order valence-electron chi connectivity index (χ2n) is 12.8. The summed E-state index contributed by atoms with van der Waals surface area (Å²) in [5.41, 5.74) is 0. The lowest BCUT2D eigenvalue weighted by atomic mass is 10.1. The monoisotopic (exact) mass is 702 g/mol. The highest BCUT2D eigenvalue weighted by Crippen LogP contribution is 2.38. The summed E-state index contributed by atoms with van der Waals surface area (Å²) in [6, 6.07) is -0.967. The Bertz CT molecular complexity index is 1110. The molecule has 0 bridgehead atoms. The maximum atomic E-state index is 12.7. The zero-order valence-electron chi connectivity index (χ0n) is 31.1. The number of carbonyl (C=O) groups is 1. The Morgan fingerprint density at radius 3 is 1.73 bits per heavy atom. The van der Waals surface area contributed by atoms with E-state index in [0.29, 0.717) is 23.9 Å². The Kier molecular flexibility index (Phi) is 29.8. The third-order valence-electron chi connectivity index (χ3n) is 7.03. The van der Waals surface area contributed by atoms with Gasteiger partial charge >= 0.3 is 0 Å². The fourth-order valence-electron chi connectivity index (χ4n) is 4.12. The lowest BCUT2D eigenvalue weighted by Crippen LogP contribution is -2.45. The number of rotatable bonds is 30. The molecule has 0 rings (SSSR count). The highest BCUT2D eigenvalue weighted by molar-refractivity contribution is 7.45. The van der Waals surface area contributed by atoms with Crippen molar-refractivity contribution in [2.24, 2.45) is 0 Å². The first-order valence-corrected chi connectivity index (χ1v) is 19.6. The molecule has 0 aliphatic heterocycles. The first-order valence-electron chi connectivity index (χ1n) is 18.1. The van der Waals surface area contributed by atoms with Crippen LogP contribution in [0.15, 0.2) is 97.2 Å². The highest BCUT2D eigenvalue weighted by Gasteiger charge is 2.22. The maximum Gasteiger partial charge on any atom is 0.268 e. The van der Waals surface area contributed by atoms with E-state index >= 15 is 0 Å². The van der Waals surface area contributed by atoms with E-state index in [-0.39, 0.29) is 18.9 Å². The topological polar surface area (TPSA) is 108 Å². The van der Waals surface area contributed by atoms with Crippen LogP contribution in [0, 0.1) is 0 Å². The van der Waals surface area contributed by atoms with Crippen LogP contribution in [0.2, 0.25) is 0 Å². The third-order valence-corrected chi connectivity index (χ3v) is 8.00. The number of aliphatic hydroxyl groups is 1. The standard InChI is InChI=1S/C40H67N2O6P/c1-6-8-10-12-14-16-18-20-21-22-24-26-28-30-32-34-40(44)41-38(37-48-49(45,46)47-36-35-42(3,4)5)39(43)33-31-29-27-25-23-19-17-15-13-11-9-7-2/h8,10,13-16,20-21,23-26,30-33,38-39,43H,6-7,9,11-12,17-19,22,27-29,34-37H2,1-5H3,(H-,41,44,45,46)/b10-8-,15-13+,16-14-,21-20-,25-23+,26-24-,32-30-,33-31+. The van der Waals surface area contributed by atoms with E-state index in [1.54, 1.807) is 12.2 Å². The van der Waals surface area contributed by atoms with Gasteiger partial charge in [0.2, 0.25) is 5.91 Å². The SMILES string of the molecule is CC/C=C\C/C=C\C/C=C\C/C=C\C/C=C\CC(=O)NC(COP(=O)([O-])OCC[N+](C)(C)C)C(O)/C=C/CC/C=C/CC/C=C/CCCC. The van der Waals surface area contributed by atoms with Crippen LogP contribution >= 0.6 is 7.82 Å². The van der Waals surface area contributed by atoms with Gasteiger partial charge in [-0.2, -0.15) is 0 Å². The molecule has 278 valence electrons. The molecule has 8 nitrogen and oxygen atoms in total. The number of carbonyl (C=O) groups excluding carboxylic acids is 1. The van der Waals surface area contributed by atoms with Crippen LogP contribution in [-0.2, 0) is 18.4 Å². The van der Waals surface area contributed by atoms with Crippen molar-refractivity contribution < 1.29 is 32.9 Å². The van der Waals surface area contributed by atoms with Crippen LogP contribution in [-0.4, -0.2) is 68.5 Å². The summed E-state index contributed by atoms with van der Waals surface area (Å²) in [6.45, 7) is 4.32. The molecule has 3 unspecified atom stereocenters. The molecule has 0 aromatic rings. The maximum absolute atomic E-state index is 12.7. The molecule has 0 radical (unpaired) electrons. The lowest BCUT2D eigenvalue weighted by molar-refractivity contribution is -0.870. The number of nitrogens with one attached hydrogen (secondary N) is 1. The number of amides is 1. The molecular weight excluding hydrogens is 635 g/mol. The highest BCUT2D eigenvalue weighted by atomic mass is 31.2. The molecule has 0 heterocycles. The van der Waals surface area contributed by atoms with Gasteiger partial charge in [0, 0.05) is 6.42 Å². The van der Waals surface area contributed by atoms with Gasteiger partial charge in [-0.25, -0.2) is 0 Å². The Labute approximate surface area is 299 Å². The summed E-state index contributed by atoms with van der Waals surface area (Å²) in [4.78, 5) is 25.0. The van der Waals surface area contributed by atoms with Gasteiger partial charge in [0.05, 0.1) is 39.9 Å². The van der Waals surface area contributed by atoms with E-state index in [2.05, 4.69) is 86.0 Å². The molecule has 0 aromatic heterocycles. The predicted octanol–water partition coefficient (Wildman–Crippen LogP) is 8.60. The number of phosphoric acid groups is 1. The van der Waals surface area contributed by atoms with Crippen molar-refractivity contribution >= 4 is 13.7 Å². The zero-order valence-corrected chi connectivity index (χ0v) is 32.0. The van der Waals surface area contributed by atoms with Crippen molar-refractivity contribution in [1.29, 1.82) is 0 Å². The molecule has 3 atom stereocenters. The molecule has 0 fully saturated rings. The van der Waals surface area contributed by atoms with Gasteiger partial charge in [0.1, 0.15) is 13.2 Å². The van der Waals surface area contributed by atoms with Crippen LogP contribution in [0.25, 0.3) is 0 Å². The Hall–Kier alpha value is -2.58. The number of quaternary nitrogens is 1. The minimum atomic E-state index is -4.62. The minimum Gasteiger partial charge on any atom is -0.756 e. The molecule has 9 heteroatoms. The summed E-state index contributed by atoms with van der Waals surface area (Å²) < 4.78 is 23.0. The van der Waals surface area contributed by atoms with Gasteiger partial charge in [0.25, 0.3) is 7.82 Å². The van der Waals surface area contributed by atoms with Gasteiger partial charge in [-0.1, -0.05) is 124 Å². The van der Waals surface area contributed by atoms with Crippen LogP contribution in [0.5, 0.6) is 0 Å². The molecule has 0 spiro atoms. The molecule has 0 aliphatic rings. The first-order chi connectivity index (χ1) is 23.5. The lowest BCUT2D eigenvalue weighted by Gasteiger charge is -2.29. The van der Waals surface area contributed by atoms with Crippen LogP contribution in [0.1, 0.15) is 97.3 Å². The first kappa shape index (κ1) is 46.4. The number of allylic oxidation sites excluding steroid dienone is 14. The largest absolute Gasteiger partial charge is 0.756 e. The summed E-state index contributed by atoms with van der Waals surface area (Å²) in [6.07, 6.45) is 43.4. The summed E-state index contributed by atoms with van der Waals surface area (Å²) in [5.74, 6) is -0.346. The van der Waals surface area contributed by atoms with E-state index in [1.807, 2.05) is 39.4 Å². The molecular formula is C40H67N2O6P. The van der Waals surface area contributed by atoms with E-state index in [4.69, 9.17) is 9.05 Å². The third kappa shape index (κ3) is 33.7. The second-order valence-corrected chi connectivity index (χ2v) is 14.2. The van der Waals surface area contributed by atoms with Gasteiger partial charge in [0.15, 0.2) is 0 Å². The van der Waals surface area contributed by atoms with Crippen molar-refractivity contribution in [3.05, 3.63) is 97.2 Å². The van der Waals surface area contributed by atoms with Crippen molar-refractivity contribution in [2.75, 3.05) is 40.9 Å². The average molecular weight is 703 g/mol. The summed E-state index contributed by atoms with van der Waals surface area (Å²) in [7, 11) is 1.15. The van der Waals surface area contributed by atoms with E-state index in [0.717, 1.165) is 51.4 Å². The van der Waals surface area contributed by atoms with E-state index in [9.17, 15) is 19.4 Å². The number of hydrogen-bond acceptors (Lipinski definition) is 6. The average Bonchev–Trinajstić information content (AvgIpc) is 3.04. The fourth-order valence-corrected chi connectivity index (χ4v) is 4.84. The second kappa shape index (κ2) is 31.4. The fraction of sp³-hybridized carbons (Fsp3) is 0.575. The quantitative estimate of drug-likeness (QED) is 0.0336. The molecule has 0 saturated heterocycles. The van der Waals surface area contributed by atoms with Crippen LogP contribution in [0.3, 0.4) is 0 Å². The molecule has 1 amide bonds. The minimum absolute atomic E-state index is 0.0313.